The Kier molecular flexibility index (Phi) is 4.94. The van der Waals surface area contributed by atoms with Crippen molar-refractivity contribution in [2.45, 2.75) is 59.2 Å². The molecular weight excluding hydrogens is 212 g/mol. The molecule has 0 spiro atoms. The molecule has 1 aromatic rings. The van der Waals surface area contributed by atoms with Crippen molar-refractivity contribution in [1.29, 1.82) is 0 Å². The number of pyridine rings is 1. The van der Waals surface area contributed by atoms with E-state index in [0.717, 1.165) is 24.3 Å². The maximum atomic E-state index is 6.01. The first-order chi connectivity index (χ1) is 7.94. The zero-order chi connectivity index (χ0) is 12.9. The van der Waals surface area contributed by atoms with Crippen LogP contribution >= 0.6 is 0 Å². The number of nitrogens with one attached hydrogen (secondary N) is 1. The third-order valence-electron chi connectivity index (χ3n) is 2.81. The summed E-state index contributed by atoms with van der Waals surface area (Å²) in [7, 11) is 0. The minimum Gasteiger partial charge on any atom is -0.486 e. The molecule has 0 fully saturated rings. The van der Waals surface area contributed by atoms with Crippen molar-refractivity contribution in [2.24, 2.45) is 0 Å². The van der Waals surface area contributed by atoms with Crippen molar-refractivity contribution < 1.29 is 4.74 Å². The summed E-state index contributed by atoms with van der Waals surface area (Å²) < 4.78 is 6.01. The molecule has 96 valence electrons. The molecule has 0 aliphatic heterocycles. The second-order valence-corrected chi connectivity index (χ2v) is 5.23. The Labute approximate surface area is 105 Å². The van der Waals surface area contributed by atoms with Gasteiger partial charge in [0.05, 0.1) is 6.20 Å². The number of aromatic nitrogens is 1. The Morgan fingerprint density at radius 1 is 1.41 bits per heavy atom. The molecular formula is C14H24N2O. The Balaban J connectivity index is 2.77. The van der Waals surface area contributed by atoms with Crippen molar-refractivity contribution >= 4 is 0 Å². The summed E-state index contributed by atoms with van der Waals surface area (Å²) in [4.78, 5) is 4.14. The molecule has 1 heterocycles. The third-order valence-corrected chi connectivity index (χ3v) is 2.81. The molecule has 0 aliphatic rings. The maximum absolute atomic E-state index is 6.01. The summed E-state index contributed by atoms with van der Waals surface area (Å²) in [5, 5.41) is 3.40. The summed E-state index contributed by atoms with van der Waals surface area (Å²) in [5.74, 6) is 0.882. The highest BCUT2D eigenvalue weighted by atomic mass is 16.5. The molecule has 3 heteroatoms. The average Bonchev–Trinajstić information content (AvgIpc) is 2.27. The Bertz CT molecular complexity index is 348. The largest absolute Gasteiger partial charge is 0.486 e. The lowest BCUT2D eigenvalue weighted by Crippen LogP contribution is -2.28. The van der Waals surface area contributed by atoms with E-state index in [1.54, 1.807) is 6.20 Å². The number of nitrogens with zero attached hydrogens (tertiary/aromatic N) is 1. The smallest absolute Gasteiger partial charge is 0.142 e. The first-order valence-electron chi connectivity index (χ1n) is 6.30. The molecule has 3 nitrogen and oxygen atoms in total. The maximum Gasteiger partial charge on any atom is 0.142 e. The summed E-state index contributed by atoms with van der Waals surface area (Å²) >= 11 is 0. The van der Waals surface area contributed by atoms with Crippen LogP contribution in [0.1, 0.15) is 46.6 Å². The van der Waals surface area contributed by atoms with E-state index >= 15 is 0 Å². The molecule has 0 atom stereocenters. The molecule has 0 aliphatic carbocycles. The van der Waals surface area contributed by atoms with Crippen LogP contribution in [-0.2, 0) is 6.54 Å². The summed E-state index contributed by atoms with van der Waals surface area (Å²) in [6, 6.07) is 2.48. The fourth-order valence-corrected chi connectivity index (χ4v) is 1.33. The van der Waals surface area contributed by atoms with Crippen LogP contribution in [0.5, 0.6) is 5.75 Å². The van der Waals surface area contributed by atoms with E-state index in [0.29, 0.717) is 6.04 Å². The Morgan fingerprint density at radius 2 is 2.12 bits per heavy atom. The van der Waals surface area contributed by atoms with Gasteiger partial charge in [-0.1, -0.05) is 20.8 Å². The van der Waals surface area contributed by atoms with E-state index in [1.807, 2.05) is 12.3 Å². The molecule has 0 bridgehead atoms. The van der Waals surface area contributed by atoms with E-state index in [-0.39, 0.29) is 5.60 Å². The highest BCUT2D eigenvalue weighted by molar-refractivity contribution is 5.30. The van der Waals surface area contributed by atoms with Gasteiger partial charge in [-0.3, -0.25) is 4.98 Å². The molecule has 17 heavy (non-hydrogen) atoms. The first-order valence-corrected chi connectivity index (χ1v) is 6.30. The van der Waals surface area contributed by atoms with Gasteiger partial charge in [0.2, 0.25) is 0 Å². The molecule has 1 N–H and O–H groups in total. The Hall–Kier alpha value is -1.09. The summed E-state index contributed by atoms with van der Waals surface area (Å²) in [6.07, 6.45) is 4.58. The second-order valence-electron chi connectivity index (χ2n) is 5.23. The third kappa shape index (κ3) is 4.73. The van der Waals surface area contributed by atoms with Crippen molar-refractivity contribution in [1.82, 2.24) is 10.3 Å². The van der Waals surface area contributed by atoms with Crippen LogP contribution < -0.4 is 10.1 Å². The zero-order valence-corrected chi connectivity index (χ0v) is 11.6. The lowest BCUT2D eigenvalue weighted by Gasteiger charge is -2.26. The fourth-order valence-electron chi connectivity index (χ4n) is 1.33. The monoisotopic (exact) mass is 236 g/mol. The van der Waals surface area contributed by atoms with Crippen LogP contribution in [0.3, 0.4) is 0 Å². The van der Waals surface area contributed by atoms with Gasteiger partial charge >= 0.3 is 0 Å². The fraction of sp³-hybridized carbons (Fsp3) is 0.643. The summed E-state index contributed by atoms with van der Waals surface area (Å²) in [6.45, 7) is 11.4. The van der Waals surface area contributed by atoms with Gasteiger partial charge in [0.1, 0.15) is 11.4 Å². The lowest BCUT2D eigenvalue weighted by molar-refractivity contribution is 0.103. The van der Waals surface area contributed by atoms with Crippen molar-refractivity contribution in [3.63, 3.8) is 0 Å². The molecule has 0 saturated heterocycles. The van der Waals surface area contributed by atoms with Crippen LogP contribution in [0, 0.1) is 0 Å². The number of ether oxygens (including phenoxy) is 1. The first kappa shape index (κ1) is 14.0. The van der Waals surface area contributed by atoms with E-state index in [2.05, 4.69) is 44.9 Å². The van der Waals surface area contributed by atoms with Gasteiger partial charge in [0, 0.05) is 24.3 Å². The quantitative estimate of drug-likeness (QED) is 0.824. The van der Waals surface area contributed by atoms with E-state index < -0.39 is 0 Å². The SMILES string of the molecule is CCC(C)(C)Oc1cnccc1CNC(C)C. The molecule has 1 aromatic heterocycles. The molecule has 0 amide bonds. The summed E-state index contributed by atoms with van der Waals surface area (Å²) in [5.41, 5.74) is 1.02. The van der Waals surface area contributed by atoms with Crippen LogP contribution in [0.15, 0.2) is 18.5 Å². The van der Waals surface area contributed by atoms with Crippen molar-refractivity contribution in [3.05, 3.63) is 24.0 Å². The zero-order valence-electron chi connectivity index (χ0n) is 11.6. The van der Waals surface area contributed by atoms with Gasteiger partial charge in [0.15, 0.2) is 0 Å². The average molecular weight is 236 g/mol. The minimum atomic E-state index is -0.143. The normalized spacial score (nSPS) is 11.9. The minimum absolute atomic E-state index is 0.143. The number of hydrogen-bond donors (Lipinski definition) is 1. The van der Waals surface area contributed by atoms with Gasteiger partial charge in [-0.15, -0.1) is 0 Å². The van der Waals surface area contributed by atoms with E-state index in [1.165, 1.54) is 0 Å². The van der Waals surface area contributed by atoms with Gasteiger partial charge in [-0.05, 0) is 26.3 Å². The van der Waals surface area contributed by atoms with E-state index in [4.69, 9.17) is 4.74 Å². The van der Waals surface area contributed by atoms with Gasteiger partial charge in [-0.2, -0.15) is 0 Å². The van der Waals surface area contributed by atoms with Crippen molar-refractivity contribution in [3.8, 4) is 5.75 Å². The van der Waals surface area contributed by atoms with Crippen LogP contribution in [0.2, 0.25) is 0 Å². The van der Waals surface area contributed by atoms with Gasteiger partial charge in [-0.25, -0.2) is 0 Å². The van der Waals surface area contributed by atoms with Gasteiger partial charge < -0.3 is 10.1 Å². The van der Waals surface area contributed by atoms with Crippen LogP contribution in [0.25, 0.3) is 0 Å². The molecule has 0 aromatic carbocycles. The predicted octanol–water partition coefficient (Wildman–Crippen LogP) is 3.15. The second kappa shape index (κ2) is 6.01. The molecule has 1 rings (SSSR count). The van der Waals surface area contributed by atoms with Gasteiger partial charge in [0.25, 0.3) is 0 Å². The topological polar surface area (TPSA) is 34.1 Å². The Morgan fingerprint density at radius 3 is 2.71 bits per heavy atom. The number of hydrogen-bond acceptors (Lipinski definition) is 3. The van der Waals surface area contributed by atoms with Crippen molar-refractivity contribution in [2.75, 3.05) is 0 Å². The number of rotatable bonds is 6. The molecule has 0 radical (unpaired) electrons. The molecule has 0 unspecified atom stereocenters. The predicted molar refractivity (Wildman–Crippen MR) is 71.2 cm³/mol. The van der Waals surface area contributed by atoms with Crippen LogP contribution in [0.4, 0.5) is 0 Å². The lowest BCUT2D eigenvalue weighted by atomic mass is 10.1. The highest BCUT2D eigenvalue weighted by Crippen LogP contribution is 2.23. The van der Waals surface area contributed by atoms with E-state index in [9.17, 15) is 0 Å². The highest BCUT2D eigenvalue weighted by Gasteiger charge is 2.18. The standard InChI is InChI=1S/C14H24N2O/c1-6-14(4,5)17-13-10-15-8-7-12(13)9-16-11(2)3/h7-8,10-11,16H,6,9H2,1-5H3. The van der Waals surface area contributed by atoms with Crippen LogP contribution in [-0.4, -0.2) is 16.6 Å². The molecule has 0 saturated carbocycles.